The number of carbonyl (C=O) groups excluding carboxylic acids is 1. The summed E-state index contributed by atoms with van der Waals surface area (Å²) in [6.07, 6.45) is 2.06. The molecular formula is C21H29N2O2+. The van der Waals surface area contributed by atoms with Gasteiger partial charge in [0.2, 0.25) is 0 Å². The summed E-state index contributed by atoms with van der Waals surface area (Å²) in [5.41, 5.74) is 2.81. The fourth-order valence-electron chi connectivity index (χ4n) is 2.97. The molecule has 0 aromatic heterocycles. The lowest BCUT2D eigenvalue weighted by molar-refractivity contribution is -0.715. The molecule has 4 heteroatoms. The molecule has 0 unspecified atom stereocenters. The number of nitrogens with two attached hydrogens (primary N) is 1. The number of nitrogens with one attached hydrogen (secondary N) is 1. The minimum absolute atomic E-state index is 0.0259. The van der Waals surface area contributed by atoms with Gasteiger partial charge < -0.3 is 15.4 Å². The molecule has 4 nitrogen and oxygen atoms in total. The maximum atomic E-state index is 13.1. The van der Waals surface area contributed by atoms with Crippen molar-refractivity contribution in [2.24, 2.45) is 0 Å². The Morgan fingerprint density at radius 1 is 1.12 bits per heavy atom. The highest BCUT2D eigenvalue weighted by Gasteiger charge is 2.27. The van der Waals surface area contributed by atoms with Crippen LogP contribution in [-0.2, 0) is 4.79 Å². The van der Waals surface area contributed by atoms with Crippen LogP contribution >= 0.6 is 0 Å². The van der Waals surface area contributed by atoms with Crippen molar-refractivity contribution in [3.8, 4) is 5.75 Å². The Hall–Kier alpha value is -2.33. The summed E-state index contributed by atoms with van der Waals surface area (Å²) < 4.78 is 5.39. The van der Waals surface area contributed by atoms with Crippen molar-refractivity contribution < 1.29 is 14.8 Å². The van der Waals surface area contributed by atoms with E-state index in [0.29, 0.717) is 17.5 Å². The molecule has 0 saturated heterocycles. The molecule has 0 radical (unpaired) electrons. The molecule has 0 spiro atoms. The molecule has 2 aromatic carbocycles. The van der Waals surface area contributed by atoms with E-state index in [4.69, 9.17) is 4.74 Å². The number of amides is 1. The molecule has 0 heterocycles. The first-order chi connectivity index (χ1) is 12.1. The first-order valence-corrected chi connectivity index (χ1v) is 8.94. The summed E-state index contributed by atoms with van der Waals surface area (Å²) in [6.45, 7) is 6.32. The van der Waals surface area contributed by atoms with Crippen LogP contribution in [0.25, 0.3) is 0 Å². The van der Waals surface area contributed by atoms with Gasteiger partial charge in [0.25, 0.3) is 5.91 Å². The smallest absolute Gasteiger partial charge is 0.287 e. The van der Waals surface area contributed by atoms with Crippen LogP contribution in [0.4, 0.5) is 5.69 Å². The average molecular weight is 341 g/mol. The van der Waals surface area contributed by atoms with E-state index in [1.807, 2.05) is 55.5 Å². The third kappa shape index (κ3) is 5.07. The van der Waals surface area contributed by atoms with Gasteiger partial charge in [-0.15, -0.1) is 0 Å². The SMILES string of the molecule is CCC(CC)[NH2+][C@H](C(=O)Nc1cc(C)ccc1OC)c1ccccc1. The van der Waals surface area contributed by atoms with Crippen LogP contribution in [0.1, 0.15) is 43.9 Å². The zero-order chi connectivity index (χ0) is 18.2. The number of methoxy groups -OCH3 is 1. The fraction of sp³-hybridized carbons (Fsp3) is 0.381. The van der Waals surface area contributed by atoms with Gasteiger partial charge in [-0.3, -0.25) is 4.79 Å². The van der Waals surface area contributed by atoms with E-state index in [2.05, 4.69) is 24.5 Å². The van der Waals surface area contributed by atoms with Gasteiger partial charge in [0.05, 0.1) is 18.8 Å². The van der Waals surface area contributed by atoms with E-state index in [1.54, 1.807) is 7.11 Å². The quantitative estimate of drug-likeness (QED) is 0.773. The zero-order valence-corrected chi connectivity index (χ0v) is 15.6. The van der Waals surface area contributed by atoms with Crippen molar-refractivity contribution in [1.29, 1.82) is 0 Å². The lowest BCUT2D eigenvalue weighted by Crippen LogP contribution is -2.92. The Bertz CT molecular complexity index is 682. The molecule has 2 rings (SSSR count). The minimum atomic E-state index is -0.281. The highest BCUT2D eigenvalue weighted by Crippen LogP contribution is 2.26. The zero-order valence-electron chi connectivity index (χ0n) is 15.6. The first-order valence-electron chi connectivity index (χ1n) is 8.94. The summed E-state index contributed by atoms with van der Waals surface area (Å²) in [4.78, 5) is 13.1. The molecule has 134 valence electrons. The molecule has 25 heavy (non-hydrogen) atoms. The minimum Gasteiger partial charge on any atom is -0.495 e. The number of hydrogen-bond donors (Lipinski definition) is 2. The van der Waals surface area contributed by atoms with Crippen molar-refractivity contribution in [2.45, 2.75) is 45.7 Å². The summed E-state index contributed by atoms with van der Waals surface area (Å²) in [5, 5.41) is 5.23. The lowest BCUT2D eigenvalue weighted by Gasteiger charge is -2.21. The van der Waals surface area contributed by atoms with Crippen LogP contribution in [0.5, 0.6) is 5.75 Å². The number of benzene rings is 2. The number of aryl methyl sites for hydroxylation is 1. The molecule has 1 amide bonds. The lowest BCUT2D eigenvalue weighted by atomic mass is 10.0. The average Bonchev–Trinajstić information content (AvgIpc) is 2.63. The van der Waals surface area contributed by atoms with Gasteiger partial charge in [-0.05, 0) is 37.5 Å². The topological polar surface area (TPSA) is 54.9 Å². The summed E-state index contributed by atoms with van der Waals surface area (Å²) in [5.74, 6) is 0.648. The summed E-state index contributed by atoms with van der Waals surface area (Å²) in [6, 6.07) is 15.9. The Labute approximate surface area is 150 Å². The van der Waals surface area contributed by atoms with E-state index < -0.39 is 0 Å². The van der Waals surface area contributed by atoms with Gasteiger partial charge in [0, 0.05) is 5.56 Å². The molecular weight excluding hydrogens is 312 g/mol. The van der Waals surface area contributed by atoms with Crippen molar-refractivity contribution in [1.82, 2.24) is 0 Å². The van der Waals surface area contributed by atoms with E-state index in [9.17, 15) is 4.79 Å². The second-order valence-electron chi connectivity index (χ2n) is 6.35. The van der Waals surface area contributed by atoms with Crippen LogP contribution in [0, 0.1) is 6.92 Å². The van der Waals surface area contributed by atoms with Gasteiger partial charge in [0.15, 0.2) is 6.04 Å². The number of hydrogen-bond acceptors (Lipinski definition) is 2. The molecule has 3 N–H and O–H groups in total. The highest BCUT2D eigenvalue weighted by molar-refractivity contribution is 5.95. The molecule has 1 atom stereocenters. The predicted octanol–water partition coefficient (Wildman–Crippen LogP) is 3.44. The standard InChI is InChI=1S/C21H28N2O2/c1-5-17(6-2)22-20(16-10-8-7-9-11-16)21(24)23-18-14-15(3)12-13-19(18)25-4/h7-14,17,20,22H,5-6H2,1-4H3,(H,23,24)/p+1/t20-/m0/s1. The molecule has 0 bridgehead atoms. The highest BCUT2D eigenvalue weighted by atomic mass is 16.5. The Balaban J connectivity index is 2.28. The van der Waals surface area contributed by atoms with E-state index in [-0.39, 0.29) is 11.9 Å². The summed E-state index contributed by atoms with van der Waals surface area (Å²) >= 11 is 0. The van der Waals surface area contributed by atoms with Gasteiger partial charge in [0.1, 0.15) is 5.75 Å². The monoisotopic (exact) mass is 341 g/mol. The van der Waals surface area contributed by atoms with E-state index in [0.717, 1.165) is 24.0 Å². The third-order valence-corrected chi connectivity index (χ3v) is 4.57. The number of anilines is 1. The van der Waals surface area contributed by atoms with Crippen molar-refractivity contribution in [3.05, 3.63) is 59.7 Å². The maximum Gasteiger partial charge on any atom is 0.287 e. The van der Waals surface area contributed by atoms with Crippen molar-refractivity contribution in [2.75, 3.05) is 12.4 Å². The van der Waals surface area contributed by atoms with Crippen molar-refractivity contribution in [3.63, 3.8) is 0 Å². The van der Waals surface area contributed by atoms with Crippen LogP contribution in [-0.4, -0.2) is 19.1 Å². The molecule has 0 saturated carbocycles. The Kier molecular flexibility index (Phi) is 7.02. The van der Waals surface area contributed by atoms with Gasteiger partial charge >= 0.3 is 0 Å². The van der Waals surface area contributed by atoms with Crippen LogP contribution < -0.4 is 15.4 Å². The maximum absolute atomic E-state index is 13.1. The number of rotatable bonds is 8. The van der Waals surface area contributed by atoms with Crippen LogP contribution in [0.3, 0.4) is 0 Å². The van der Waals surface area contributed by atoms with E-state index >= 15 is 0 Å². The fourth-order valence-corrected chi connectivity index (χ4v) is 2.97. The van der Waals surface area contributed by atoms with Crippen molar-refractivity contribution >= 4 is 11.6 Å². The first kappa shape index (κ1) is 19.0. The second kappa shape index (κ2) is 9.23. The predicted molar refractivity (Wildman–Crippen MR) is 102 cm³/mol. The second-order valence-corrected chi connectivity index (χ2v) is 6.35. The van der Waals surface area contributed by atoms with Gasteiger partial charge in [-0.25, -0.2) is 0 Å². The largest absolute Gasteiger partial charge is 0.495 e. The molecule has 0 fully saturated rings. The molecule has 0 aliphatic carbocycles. The van der Waals surface area contributed by atoms with Gasteiger partial charge in [-0.1, -0.05) is 50.2 Å². The Morgan fingerprint density at radius 2 is 1.80 bits per heavy atom. The normalized spacial score (nSPS) is 12.0. The van der Waals surface area contributed by atoms with Gasteiger partial charge in [-0.2, -0.15) is 0 Å². The van der Waals surface area contributed by atoms with E-state index in [1.165, 1.54) is 0 Å². The summed E-state index contributed by atoms with van der Waals surface area (Å²) in [7, 11) is 1.62. The van der Waals surface area contributed by atoms with Crippen LogP contribution in [0.15, 0.2) is 48.5 Å². The Morgan fingerprint density at radius 3 is 2.40 bits per heavy atom. The number of quaternary nitrogens is 1. The number of ether oxygens (including phenoxy) is 1. The van der Waals surface area contributed by atoms with Crippen LogP contribution in [0.2, 0.25) is 0 Å². The number of carbonyl (C=O) groups is 1. The molecule has 0 aliphatic heterocycles. The molecule has 0 aliphatic rings. The third-order valence-electron chi connectivity index (χ3n) is 4.57. The molecule has 2 aromatic rings.